The largest absolute Gasteiger partial charge is 0.399 e. The lowest BCUT2D eigenvalue weighted by atomic mass is 10.2. The van der Waals surface area contributed by atoms with Crippen molar-refractivity contribution in [1.29, 1.82) is 0 Å². The molecule has 1 saturated heterocycles. The summed E-state index contributed by atoms with van der Waals surface area (Å²) in [6.45, 7) is 6.42. The van der Waals surface area contributed by atoms with Crippen molar-refractivity contribution in [2.24, 2.45) is 5.92 Å². The quantitative estimate of drug-likeness (QED) is 0.846. The monoisotopic (exact) mass is 325 g/mol. The number of nitrogens with two attached hydrogens (primary N) is 1. The first-order valence-electron chi connectivity index (χ1n) is 7.42. The Balaban J connectivity index is 0.00000242. The Kier molecular flexibility index (Phi) is 6.68. The lowest BCUT2D eigenvalue weighted by molar-refractivity contribution is -0.134. The van der Waals surface area contributed by atoms with Gasteiger partial charge in [0.05, 0.1) is 0 Å². The molecule has 0 spiro atoms. The minimum Gasteiger partial charge on any atom is -0.399 e. The molecular formula is C16H24ClN3O2. The van der Waals surface area contributed by atoms with E-state index in [1.807, 2.05) is 23.6 Å². The summed E-state index contributed by atoms with van der Waals surface area (Å²) >= 11 is 0. The number of halogens is 1. The third kappa shape index (κ3) is 4.37. The lowest BCUT2D eigenvalue weighted by Gasteiger charge is -2.23. The molecular weight excluding hydrogens is 302 g/mol. The molecule has 0 bridgehead atoms. The third-order valence-electron chi connectivity index (χ3n) is 3.75. The Labute approximate surface area is 137 Å². The summed E-state index contributed by atoms with van der Waals surface area (Å²) in [4.78, 5) is 28.2. The second-order valence-electron chi connectivity index (χ2n) is 5.75. The van der Waals surface area contributed by atoms with E-state index in [9.17, 15) is 9.59 Å². The van der Waals surface area contributed by atoms with Gasteiger partial charge in [-0.05, 0) is 30.7 Å². The number of carbonyl (C=O) groups is 2. The van der Waals surface area contributed by atoms with Crippen LogP contribution in [0.2, 0.25) is 0 Å². The first kappa shape index (κ1) is 18.3. The van der Waals surface area contributed by atoms with E-state index in [0.717, 1.165) is 13.0 Å². The van der Waals surface area contributed by atoms with Crippen molar-refractivity contribution in [2.75, 3.05) is 31.9 Å². The van der Waals surface area contributed by atoms with Gasteiger partial charge in [-0.25, -0.2) is 0 Å². The van der Waals surface area contributed by atoms with Crippen LogP contribution in [0.25, 0.3) is 0 Å². The molecule has 1 aliphatic heterocycles. The van der Waals surface area contributed by atoms with E-state index in [1.165, 1.54) is 0 Å². The minimum atomic E-state index is 0. The molecule has 2 N–H and O–H groups in total. The molecule has 0 radical (unpaired) electrons. The van der Waals surface area contributed by atoms with Crippen LogP contribution in [0.1, 0.15) is 30.6 Å². The number of nitrogen functional groups attached to an aromatic ring is 1. The highest BCUT2D eigenvalue weighted by atomic mass is 35.5. The molecule has 6 heteroatoms. The highest BCUT2D eigenvalue weighted by Crippen LogP contribution is 2.12. The van der Waals surface area contributed by atoms with Crippen LogP contribution in [-0.2, 0) is 4.79 Å². The number of rotatable bonds is 2. The number of hydrogen-bond donors (Lipinski definition) is 1. The van der Waals surface area contributed by atoms with Gasteiger partial charge in [-0.3, -0.25) is 9.59 Å². The number of carbonyl (C=O) groups excluding carboxylic acids is 2. The molecule has 0 unspecified atom stereocenters. The van der Waals surface area contributed by atoms with Gasteiger partial charge in [0.15, 0.2) is 0 Å². The van der Waals surface area contributed by atoms with Gasteiger partial charge in [0.25, 0.3) is 5.91 Å². The summed E-state index contributed by atoms with van der Waals surface area (Å²) in [7, 11) is 0. The van der Waals surface area contributed by atoms with Crippen LogP contribution in [0.3, 0.4) is 0 Å². The summed E-state index contributed by atoms with van der Waals surface area (Å²) in [6, 6.07) is 6.97. The van der Waals surface area contributed by atoms with Gasteiger partial charge in [0.1, 0.15) is 0 Å². The maximum absolute atomic E-state index is 12.5. The van der Waals surface area contributed by atoms with Gasteiger partial charge in [-0.1, -0.05) is 13.8 Å². The molecule has 1 fully saturated rings. The molecule has 122 valence electrons. The molecule has 0 aliphatic carbocycles. The Bertz CT molecular complexity index is 517. The standard InChI is InChI=1S/C16H23N3O2.ClH/c1-12(2)15(20)18-8-3-9-19(11-10-18)16(21)13-4-6-14(17)7-5-13;/h4-7,12H,3,8-11,17H2,1-2H3;1H. The zero-order chi connectivity index (χ0) is 15.4. The van der Waals surface area contributed by atoms with Crippen molar-refractivity contribution in [3.63, 3.8) is 0 Å². The van der Waals surface area contributed by atoms with Crippen molar-refractivity contribution in [2.45, 2.75) is 20.3 Å². The maximum atomic E-state index is 12.5. The van der Waals surface area contributed by atoms with Gasteiger partial charge in [-0.2, -0.15) is 0 Å². The van der Waals surface area contributed by atoms with Gasteiger partial charge >= 0.3 is 0 Å². The smallest absolute Gasteiger partial charge is 0.253 e. The molecule has 5 nitrogen and oxygen atoms in total. The SMILES string of the molecule is CC(C)C(=O)N1CCCN(C(=O)c2ccc(N)cc2)CC1.Cl. The first-order chi connectivity index (χ1) is 9.99. The second-order valence-corrected chi connectivity index (χ2v) is 5.75. The fourth-order valence-electron chi connectivity index (χ4n) is 2.51. The summed E-state index contributed by atoms with van der Waals surface area (Å²) < 4.78 is 0. The van der Waals surface area contributed by atoms with Gasteiger partial charge in [0, 0.05) is 43.3 Å². The fourth-order valence-corrected chi connectivity index (χ4v) is 2.51. The van der Waals surface area contributed by atoms with Gasteiger partial charge in [0.2, 0.25) is 5.91 Å². The molecule has 1 heterocycles. The normalized spacial score (nSPS) is 15.2. The second kappa shape index (κ2) is 8.03. The Morgan fingerprint density at radius 3 is 2.14 bits per heavy atom. The van der Waals surface area contributed by atoms with Crippen LogP contribution in [-0.4, -0.2) is 47.8 Å². The molecule has 0 atom stereocenters. The zero-order valence-electron chi connectivity index (χ0n) is 13.1. The van der Waals surface area contributed by atoms with Crippen LogP contribution in [0.5, 0.6) is 0 Å². The summed E-state index contributed by atoms with van der Waals surface area (Å²) in [5, 5.41) is 0. The Morgan fingerprint density at radius 2 is 1.55 bits per heavy atom. The van der Waals surface area contributed by atoms with Crippen molar-refractivity contribution in [3.05, 3.63) is 29.8 Å². The molecule has 1 aliphatic rings. The van der Waals surface area contributed by atoms with Gasteiger partial charge in [-0.15, -0.1) is 12.4 Å². The summed E-state index contributed by atoms with van der Waals surface area (Å²) in [5.41, 5.74) is 6.94. The van der Waals surface area contributed by atoms with E-state index in [2.05, 4.69) is 0 Å². The van der Waals surface area contributed by atoms with E-state index in [0.29, 0.717) is 30.9 Å². The highest BCUT2D eigenvalue weighted by Gasteiger charge is 2.23. The molecule has 2 rings (SSSR count). The van der Waals surface area contributed by atoms with E-state index in [-0.39, 0.29) is 30.1 Å². The van der Waals surface area contributed by atoms with Crippen LogP contribution in [0.15, 0.2) is 24.3 Å². The van der Waals surface area contributed by atoms with Crippen molar-refractivity contribution in [1.82, 2.24) is 9.80 Å². The first-order valence-corrected chi connectivity index (χ1v) is 7.42. The van der Waals surface area contributed by atoms with Crippen molar-refractivity contribution >= 4 is 29.9 Å². The maximum Gasteiger partial charge on any atom is 0.253 e. The fraction of sp³-hybridized carbons (Fsp3) is 0.500. The molecule has 22 heavy (non-hydrogen) atoms. The number of amides is 2. The predicted molar refractivity (Wildman–Crippen MR) is 90.0 cm³/mol. The van der Waals surface area contributed by atoms with Gasteiger partial charge < -0.3 is 15.5 Å². The van der Waals surface area contributed by atoms with E-state index in [1.54, 1.807) is 24.3 Å². The minimum absolute atomic E-state index is 0. The molecule has 1 aromatic rings. The zero-order valence-corrected chi connectivity index (χ0v) is 13.9. The number of anilines is 1. The number of hydrogen-bond acceptors (Lipinski definition) is 3. The lowest BCUT2D eigenvalue weighted by Crippen LogP contribution is -2.38. The van der Waals surface area contributed by atoms with Crippen LogP contribution in [0, 0.1) is 5.92 Å². The third-order valence-corrected chi connectivity index (χ3v) is 3.75. The number of benzene rings is 1. The predicted octanol–water partition coefficient (Wildman–Crippen LogP) is 2.02. The molecule has 0 aromatic heterocycles. The molecule has 0 saturated carbocycles. The molecule has 2 amide bonds. The average molecular weight is 326 g/mol. The average Bonchev–Trinajstić information content (AvgIpc) is 2.72. The van der Waals surface area contributed by atoms with Crippen molar-refractivity contribution < 1.29 is 9.59 Å². The highest BCUT2D eigenvalue weighted by molar-refractivity contribution is 5.94. The van der Waals surface area contributed by atoms with E-state index >= 15 is 0 Å². The van der Waals surface area contributed by atoms with Crippen molar-refractivity contribution in [3.8, 4) is 0 Å². The van der Waals surface area contributed by atoms with Crippen LogP contribution >= 0.6 is 12.4 Å². The summed E-state index contributed by atoms with van der Waals surface area (Å²) in [5.74, 6) is 0.176. The van der Waals surface area contributed by atoms with Crippen LogP contribution in [0.4, 0.5) is 5.69 Å². The topological polar surface area (TPSA) is 66.6 Å². The van der Waals surface area contributed by atoms with E-state index < -0.39 is 0 Å². The number of nitrogens with zero attached hydrogens (tertiary/aromatic N) is 2. The van der Waals surface area contributed by atoms with Crippen LogP contribution < -0.4 is 5.73 Å². The molecule has 1 aromatic carbocycles. The summed E-state index contributed by atoms with van der Waals surface area (Å²) in [6.07, 6.45) is 0.819. The Hall–Kier alpha value is -1.75. The Morgan fingerprint density at radius 1 is 1.00 bits per heavy atom. The van der Waals surface area contributed by atoms with E-state index in [4.69, 9.17) is 5.73 Å².